The maximum absolute atomic E-state index is 10.8. The summed E-state index contributed by atoms with van der Waals surface area (Å²) in [5.74, 6) is 0.775. The number of methoxy groups -OCH3 is 1. The Hall–Kier alpha value is -1.48. The van der Waals surface area contributed by atoms with Gasteiger partial charge in [0.2, 0.25) is 0 Å². The van der Waals surface area contributed by atoms with Gasteiger partial charge in [-0.2, -0.15) is 0 Å². The van der Waals surface area contributed by atoms with Gasteiger partial charge in [-0.15, -0.1) is 6.58 Å². The van der Waals surface area contributed by atoms with Gasteiger partial charge in [0, 0.05) is 13.2 Å². The Bertz CT molecular complexity index is 621. The quantitative estimate of drug-likeness (QED) is 0.301. The average molecular weight is 453 g/mol. The first kappa shape index (κ1) is 26.8. The van der Waals surface area contributed by atoms with Crippen LogP contribution in [0.1, 0.15) is 45.1 Å². The maximum atomic E-state index is 10.8. The van der Waals surface area contributed by atoms with Gasteiger partial charge in [-0.1, -0.05) is 44.9 Å². The van der Waals surface area contributed by atoms with Gasteiger partial charge >= 0.3 is 0 Å². The van der Waals surface area contributed by atoms with Crippen LogP contribution in [0.5, 0.6) is 5.75 Å². The van der Waals surface area contributed by atoms with Crippen LogP contribution in [0.25, 0.3) is 0 Å². The van der Waals surface area contributed by atoms with E-state index in [2.05, 4.69) is 20.4 Å². The summed E-state index contributed by atoms with van der Waals surface area (Å²) >= 11 is 0. The van der Waals surface area contributed by atoms with E-state index in [0.717, 1.165) is 37.0 Å². The fourth-order valence-electron chi connectivity index (χ4n) is 3.50. The van der Waals surface area contributed by atoms with Crippen LogP contribution in [0, 0.1) is 0 Å². The summed E-state index contributed by atoms with van der Waals surface area (Å²) in [5, 5.41) is 10.8. The SMILES string of the molecule is C=CCOC1[C@@H](OCCCC)C(COCCCC)O[C@@H](O)[C@H]1OCc1ccc(OC)cc1. The molecule has 0 saturated carbocycles. The predicted octanol–water partition coefficient (Wildman–Crippen LogP) is 3.87. The number of benzene rings is 1. The molecule has 0 spiro atoms. The molecule has 1 fully saturated rings. The first-order valence-electron chi connectivity index (χ1n) is 11.6. The zero-order valence-corrected chi connectivity index (χ0v) is 19.7. The Kier molecular flexibility index (Phi) is 12.9. The van der Waals surface area contributed by atoms with Gasteiger partial charge in [-0.05, 0) is 30.5 Å². The second-order valence-corrected chi connectivity index (χ2v) is 7.89. The van der Waals surface area contributed by atoms with Crippen molar-refractivity contribution in [1.29, 1.82) is 0 Å². The second-order valence-electron chi connectivity index (χ2n) is 7.89. The van der Waals surface area contributed by atoms with E-state index in [1.165, 1.54) is 0 Å². The molecule has 7 heteroatoms. The summed E-state index contributed by atoms with van der Waals surface area (Å²) in [4.78, 5) is 0. The summed E-state index contributed by atoms with van der Waals surface area (Å²) in [6.45, 7) is 10.1. The summed E-state index contributed by atoms with van der Waals surface area (Å²) in [7, 11) is 1.63. The molecule has 0 radical (unpaired) electrons. The van der Waals surface area contributed by atoms with Gasteiger partial charge in [0.25, 0.3) is 0 Å². The number of hydrogen-bond acceptors (Lipinski definition) is 7. The Morgan fingerprint density at radius 3 is 2.34 bits per heavy atom. The first-order chi connectivity index (χ1) is 15.6. The third-order valence-corrected chi connectivity index (χ3v) is 5.35. The lowest BCUT2D eigenvalue weighted by atomic mass is 9.98. The Labute approximate surface area is 192 Å². The van der Waals surface area contributed by atoms with Crippen LogP contribution in [-0.2, 0) is 30.3 Å². The van der Waals surface area contributed by atoms with E-state index in [0.29, 0.717) is 33.0 Å². The van der Waals surface area contributed by atoms with Crippen molar-refractivity contribution < 1.29 is 33.5 Å². The van der Waals surface area contributed by atoms with E-state index in [1.54, 1.807) is 13.2 Å². The van der Waals surface area contributed by atoms with E-state index in [1.807, 2.05) is 24.3 Å². The van der Waals surface area contributed by atoms with E-state index in [9.17, 15) is 5.11 Å². The van der Waals surface area contributed by atoms with Gasteiger partial charge in [-0.25, -0.2) is 0 Å². The highest BCUT2D eigenvalue weighted by Gasteiger charge is 2.47. The van der Waals surface area contributed by atoms with Crippen molar-refractivity contribution >= 4 is 0 Å². The number of hydrogen-bond donors (Lipinski definition) is 1. The van der Waals surface area contributed by atoms with Gasteiger partial charge < -0.3 is 33.5 Å². The minimum atomic E-state index is -1.16. The number of rotatable bonds is 16. The number of ether oxygens (including phenoxy) is 6. The monoisotopic (exact) mass is 452 g/mol. The van der Waals surface area contributed by atoms with Crippen molar-refractivity contribution in [1.82, 2.24) is 0 Å². The van der Waals surface area contributed by atoms with Crippen LogP contribution >= 0.6 is 0 Å². The molecule has 182 valence electrons. The highest BCUT2D eigenvalue weighted by molar-refractivity contribution is 5.26. The molecule has 0 aromatic heterocycles. The largest absolute Gasteiger partial charge is 0.497 e. The first-order valence-corrected chi connectivity index (χ1v) is 11.6. The van der Waals surface area contributed by atoms with Crippen LogP contribution in [0.2, 0.25) is 0 Å². The number of aliphatic hydroxyl groups excluding tert-OH is 1. The van der Waals surface area contributed by atoms with Gasteiger partial charge in [0.05, 0.1) is 26.9 Å². The third kappa shape index (κ3) is 8.46. The molecular weight excluding hydrogens is 412 g/mol. The zero-order valence-electron chi connectivity index (χ0n) is 19.7. The molecule has 0 amide bonds. The summed E-state index contributed by atoms with van der Waals surface area (Å²) < 4.78 is 35.3. The highest BCUT2D eigenvalue weighted by atomic mass is 16.7. The standard InChI is InChI=1S/C25H40O7/c1-5-8-15-28-18-21-22(30-16-9-6-2)23(29-14-7-3)24(25(26)32-21)31-17-19-10-12-20(27-4)13-11-19/h7,10-13,21-26H,3,5-6,8-9,14-18H2,1-2,4H3/t21?,22-,23?,24-,25+/m0/s1. The van der Waals surface area contributed by atoms with Crippen molar-refractivity contribution in [3.05, 3.63) is 42.5 Å². The molecule has 1 aromatic carbocycles. The highest BCUT2D eigenvalue weighted by Crippen LogP contribution is 2.29. The lowest BCUT2D eigenvalue weighted by Crippen LogP contribution is -2.61. The summed E-state index contributed by atoms with van der Waals surface area (Å²) in [6.07, 6.45) is 2.38. The van der Waals surface area contributed by atoms with Gasteiger partial charge in [-0.3, -0.25) is 0 Å². The van der Waals surface area contributed by atoms with Crippen molar-refractivity contribution in [2.45, 2.75) is 76.8 Å². The van der Waals surface area contributed by atoms with Crippen molar-refractivity contribution in [3.8, 4) is 5.75 Å². The van der Waals surface area contributed by atoms with Crippen LogP contribution in [0.4, 0.5) is 0 Å². The second kappa shape index (κ2) is 15.4. The predicted molar refractivity (Wildman–Crippen MR) is 123 cm³/mol. The molecule has 0 aliphatic carbocycles. The molecule has 1 aliphatic rings. The number of unbranched alkanes of at least 4 members (excludes halogenated alkanes) is 2. The summed E-state index contributed by atoms with van der Waals surface area (Å²) in [6, 6.07) is 7.60. The van der Waals surface area contributed by atoms with Crippen molar-refractivity contribution in [2.75, 3.05) is 33.5 Å². The van der Waals surface area contributed by atoms with Gasteiger partial charge in [0.1, 0.15) is 30.2 Å². The molecule has 2 unspecified atom stereocenters. The minimum Gasteiger partial charge on any atom is -0.497 e. The molecule has 7 nitrogen and oxygen atoms in total. The molecule has 0 bridgehead atoms. The van der Waals surface area contributed by atoms with E-state index in [-0.39, 0.29) is 0 Å². The fraction of sp³-hybridized carbons (Fsp3) is 0.680. The fourth-order valence-corrected chi connectivity index (χ4v) is 3.50. The van der Waals surface area contributed by atoms with E-state index < -0.39 is 30.7 Å². The molecule has 2 rings (SSSR count). The van der Waals surface area contributed by atoms with Crippen LogP contribution in [0.3, 0.4) is 0 Å². The Balaban J connectivity index is 2.11. The molecule has 1 heterocycles. The summed E-state index contributed by atoms with van der Waals surface area (Å²) in [5.41, 5.74) is 0.953. The molecule has 5 atom stereocenters. The normalized spacial score (nSPS) is 25.6. The van der Waals surface area contributed by atoms with Crippen LogP contribution in [-0.4, -0.2) is 69.3 Å². The smallest absolute Gasteiger partial charge is 0.184 e. The molecule has 32 heavy (non-hydrogen) atoms. The minimum absolute atomic E-state index is 0.294. The molecule has 1 aliphatic heterocycles. The molecule has 1 N–H and O–H groups in total. The zero-order chi connectivity index (χ0) is 23.2. The molecule has 1 saturated heterocycles. The van der Waals surface area contributed by atoms with Gasteiger partial charge in [0.15, 0.2) is 6.29 Å². The molecule has 1 aromatic rings. The lowest BCUT2D eigenvalue weighted by molar-refractivity contribution is -0.312. The topological polar surface area (TPSA) is 75.6 Å². The molecular formula is C25H40O7. The van der Waals surface area contributed by atoms with E-state index in [4.69, 9.17) is 28.4 Å². The van der Waals surface area contributed by atoms with Crippen LogP contribution in [0.15, 0.2) is 36.9 Å². The third-order valence-electron chi connectivity index (χ3n) is 5.35. The van der Waals surface area contributed by atoms with Crippen LogP contribution < -0.4 is 4.74 Å². The Morgan fingerprint density at radius 2 is 1.69 bits per heavy atom. The number of aliphatic hydroxyl groups is 1. The Morgan fingerprint density at radius 1 is 0.969 bits per heavy atom. The van der Waals surface area contributed by atoms with Crippen molar-refractivity contribution in [2.24, 2.45) is 0 Å². The lowest BCUT2D eigenvalue weighted by Gasteiger charge is -2.44. The van der Waals surface area contributed by atoms with E-state index >= 15 is 0 Å². The average Bonchev–Trinajstić information content (AvgIpc) is 2.81. The van der Waals surface area contributed by atoms with Crippen molar-refractivity contribution in [3.63, 3.8) is 0 Å². The maximum Gasteiger partial charge on any atom is 0.184 e.